The second-order valence-electron chi connectivity index (χ2n) is 7.84. The molecule has 1 aliphatic carbocycles. The molecular formula is C19H21N7. The van der Waals surface area contributed by atoms with E-state index in [1.807, 2.05) is 23.1 Å². The van der Waals surface area contributed by atoms with Crippen LogP contribution in [-0.2, 0) is 5.54 Å². The first-order valence-electron chi connectivity index (χ1n) is 9.08. The molecule has 2 fully saturated rings. The average Bonchev–Trinajstić information content (AvgIpc) is 3.37. The van der Waals surface area contributed by atoms with Gasteiger partial charge in [0.1, 0.15) is 12.0 Å². The Morgan fingerprint density at radius 2 is 2.12 bits per heavy atom. The number of nitriles is 1. The molecule has 3 aromatic heterocycles. The highest BCUT2D eigenvalue weighted by Crippen LogP contribution is 2.49. The number of aromatic nitrogens is 5. The topological polar surface area (TPSA) is 86.4 Å². The summed E-state index contributed by atoms with van der Waals surface area (Å²) in [4.78, 5) is 14.3. The number of fused-ring (bicyclic) bond motifs is 2. The minimum absolute atomic E-state index is 0.187. The molecule has 2 aliphatic rings. The van der Waals surface area contributed by atoms with Crippen LogP contribution < -0.4 is 0 Å². The molecule has 3 aromatic rings. The van der Waals surface area contributed by atoms with Crippen LogP contribution in [0.1, 0.15) is 19.3 Å². The molecule has 7 heteroatoms. The van der Waals surface area contributed by atoms with Gasteiger partial charge in [0, 0.05) is 36.4 Å². The molecule has 1 unspecified atom stereocenters. The van der Waals surface area contributed by atoms with Crippen molar-refractivity contribution in [3.63, 3.8) is 0 Å². The standard InChI is InChI=1S/C19H21N7/c1-25-9-13-6-19(3-4-20,7-14(13)10-25)26-11-15(8-24-26)17-16-2-5-21-18(16)23-12-22-17/h2,5,8,11-14H,3,6-7,9-10H2,1H3,(H,21,22,23)/t13-,14+,19?. The van der Waals surface area contributed by atoms with E-state index in [1.165, 1.54) is 0 Å². The van der Waals surface area contributed by atoms with Gasteiger partial charge in [-0.3, -0.25) is 4.68 Å². The zero-order chi connectivity index (χ0) is 17.7. The maximum atomic E-state index is 9.48. The maximum absolute atomic E-state index is 9.48. The molecule has 0 amide bonds. The van der Waals surface area contributed by atoms with Crippen molar-refractivity contribution in [2.75, 3.05) is 20.1 Å². The van der Waals surface area contributed by atoms with Crippen molar-refractivity contribution in [3.05, 3.63) is 31.0 Å². The average molecular weight is 347 g/mol. The Hall–Kier alpha value is -2.72. The predicted molar refractivity (Wildman–Crippen MR) is 97.0 cm³/mol. The van der Waals surface area contributed by atoms with Gasteiger partial charge < -0.3 is 9.88 Å². The van der Waals surface area contributed by atoms with Crippen LogP contribution in [-0.4, -0.2) is 49.8 Å². The lowest BCUT2D eigenvalue weighted by molar-refractivity contribution is 0.230. The summed E-state index contributed by atoms with van der Waals surface area (Å²) >= 11 is 0. The van der Waals surface area contributed by atoms with Crippen LogP contribution >= 0.6 is 0 Å². The van der Waals surface area contributed by atoms with Crippen LogP contribution in [0.4, 0.5) is 0 Å². The maximum Gasteiger partial charge on any atom is 0.141 e. The summed E-state index contributed by atoms with van der Waals surface area (Å²) in [7, 11) is 2.19. The van der Waals surface area contributed by atoms with E-state index >= 15 is 0 Å². The lowest BCUT2D eigenvalue weighted by Gasteiger charge is -2.29. The van der Waals surface area contributed by atoms with Gasteiger partial charge in [-0.1, -0.05) is 0 Å². The molecule has 26 heavy (non-hydrogen) atoms. The van der Waals surface area contributed by atoms with Crippen LogP contribution in [0, 0.1) is 23.2 Å². The lowest BCUT2D eigenvalue weighted by atomic mass is 9.92. The summed E-state index contributed by atoms with van der Waals surface area (Å²) in [5.74, 6) is 1.33. The van der Waals surface area contributed by atoms with E-state index in [1.54, 1.807) is 6.33 Å². The Bertz CT molecular complexity index is 981. The summed E-state index contributed by atoms with van der Waals surface area (Å²) in [5, 5.41) is 15.2. The third-order valence-electron chi connectivity index (χ3n) is 6.15. The summed E-state index contributed by atoms with van der Waals surface area (Å²) in [6.45, 7) is 2.25. The number of likely N-dealkylation sites (tertiary alicyclic amines) is 1. The van der Waals surface area contributed by atoms with Gasteiger partial charge in [0.05, 0.1) is 29.9 Å². The van der Waals surface area contributed by atoms with E-state index in [2.05, 4.69) is 44.3 Å². The molecule has 3 atom stereocenters. The second kappa shape index (κ2) is 5.64. The minimum Gasteiger partial charge on any atom is -0.346 e. The van der Waals surface area contributed by atoms with Crippen LogP contribution in [0.2, 0.25) is 0 Å². The highest BCUT2D eigenvalue weighted by molar-refractivity contribution is 5.89. The third-order valence-corrected chi connectivity index (χ3v) is 6.15. The van der Waals surface area contributed by atoms with Crippen molar-refractivity contribution < 1.29 is 0 Å². The minimum atomic E-state index is -0.187. The lowest BCUT2D eigenvalue weighted by Crippen LogP contribution is -2.33. The number of H-pyrrole nitrogens is 1. The van der Waals surface area contributed by atoms with Gasteiger partial charge in [0.15, 0.2) is 0 Å². The first kappa shape index (κ1) is 15.5. The molecule has 1 aliphatic heterocycles. The molecule has 0 aromatic carbocycles. The van der Waals surface area contributed by atoms with Gasteiger partial charge in [-0.25, -0.2) is 9.97 Å². The van der Waals surface area contributed by atoms with Gasteiger partial charge in [-0.15, -0.1) is 0 Å². The van der Waals surface area contributed by atoms with Crippen LogP contribution in [0.5, 0.6) is 0 Å². The molecule has 4 heterocycles. The van der Waals surface area contributed by atoms with E-state index in [0.29, 0.717) is 18.3 Å². The second-order valence-corrected chi connectivity index (χ2v) is 7.84. The Labute approximate surface area is 151 Å². The van der Waals surface area contributed by atoms with Crippen LogP contribution in [0.15, 0.2) is 31.0 Å². The zero-order valence-electron chi connectivity index (χ0n) is 14.8. The fourth-order valence-corrected chi connectivity index (χ4v) is 5.06. The van der Waals surface area contributed by atoms with E-state index < -0.39 is 0 Å². The number of aromatic amines is 1. The van der Waals surface area contributed by atoms with Gasteiger partial charge in [-0.2, -0.15) is 10.4 Å². The summed E-state index contributed by atoms with van der Waals surface area (Å²) in [6.07, 6.45) is 9.95. The molecular weight excluding hydrogens is 326 g/mol. The molecule has 132 valence electrons. The highest BCUT2D eigenvalue weighted by atomic mass is 15.3. The smallest absolute Gasteiger partial charge is 0.141 e. The van der Waals surface area contributed by atoms with Crippen LogP contribution in [0.3, 0.4) is 0 Å². The van der Waals surface area contributed by atoms with Crippen molar-refractivity contribution in [2.24, 2.45) is 11.8 Å². The molecule has 0 bridgehead atoms. The molecule has 1 saturated carbocycles. The number of rotatable bonds is 3. The molecule has 1 saturated heterocycles. The first-order chi connectivity index (χ1) is 12.7. The van der Waals surface area contributed by atoms with Gasteiger partial charge in [-0.05, 0) is 37.8 Å². The summed E-state index contributed by atoms with van der Waals surface area (Å²) < 4.78 is 2.05. The molecule has 0 radical (unpaired) electrons. The number of hydrogen-bond donors (Lipinski definition) is 1. The van der Waals surface area contributed by atoms with Gasteiger partial charge in [0.25, 0.3) is 0 Å². The molecule has 0 spiro atoms. The van der Waals surface area contributed by atoms with Crippen molar-refractivity contribution in [1.82, 2.24) is 29.6 Å². The number of nitrogens with zero attached hydrogens (tertiary/aromatic N) is 6. The van der Waals surface area contributed by atoms with Crippen molar-refractivity contribution in [2.45, 2.75) is 24.8 Å². The molecule has 5 rings (SSSR count). The Balaban J connectivity index is 1.53. The van der Waals surface area contributed by atoms with Crippen molar-refractivity contribution in [3.8, 4) is 17.3 Å². The predicted octanol–water partition coefficient (Wildman–Crippen LogP) is 2.40. The van der Waals surface area contributed by atoms with Crippen molar-refractivity contribution in [1.29, 1.82) is 5.26 Å². The number of hydrogen-bond acceptors (Lipinski definition) is 5. The first-order valence-corrected chi connectivity index (χ1v) is 9.08. The highest BCUT2D eigenvalue weighted by Gasteiger charge is 2.50. The SMILES string of the molecule is CN1C[C@@H]2CC(CC#N)(n3cc(-c4ncnc5[nH]ccc45)cn3)C[C@@H]2C1. The largest absolute Gasteiger partial charge is 0.346 e. The number of nitrogens with one attached hydrogen (secondary N) is 1. The summed E-state index contributed by atoms with van der Waals surface area (Å²) in [5.41, 5.74) is 2.50. The Kier molecular flexibility index (Phi) is 3.37. The normalized spacial score (nSPS) is 28.5. The zero-order valence-corrected chi connectivity index (χ0v) is 14.8. The van der Waals surface area contributed by atoms with Crippen molar-refractivity contribution >= 4 is 11.0 Å². The van der Waals surface area contributed by atoms with Crippen LogP contribution in [0.25, 0.3) is 22.3 Å². The van der Waals surface area contributed by atoms with E-state index in [4.69, 9.17) is 0 Å². The van der Waals surface area contributed by atoms with Gasteiger partial charge >= 0.3 is 0 Å². The van der Waals surface area contributed by atoms with E-state index in [0.717, 1.165) is 48.2 Å². The Morgan fingerprint density at radius 1 is 1.31 bits per heavy atom. The molecule has 1 N–H and O–H groups in total. The Morgan fingerprint density at radius 3 is 2.88 bits per heavy atom. The monoisotopic (exact) mass is 347 g/mol. The molecule has 7 nitrogen and oxygen atoms in total. The van der Waals surface area contributed by atoms with Gasteiger partial charge in [0.2, 0.25) is 0 Å². The third kappa shape index (κ3) is 2.26. The fourth-order valence-electron chi connectivity index (χ4n) is 5.06. The van der Waals surface area contributed by atoms with E-state index in [-0.39, 0.29) is 5.54 Å². The fraction of sp³-hybridized carbons (Fsp3) is 0.474. The summed E-state index contributed by atoms with van der Waals surface area (Å²) in [6, 6.07) is 4.41. The quantitative estimate of drug-likeness (QED) is 0.786. The van der Waals surface area contributed by atoms with E-state index in [9.17, 15) is 5.26 Å².